The number of piperidine rings is 1. The molecule has 29 heavy (non-hydrogen) atoms. The van der Waals surface area contributed by atoms with Crippen LogP contribution in [0.3, 0.4) is 0 Å². The van der Waals surface area contributed by atoms with E-state index in [0.29, 0.717) is 44.3 Å². The molecule has 0 aliphatic carbocycles. The monoisotopic (exact) mass is 398 g/mol. The standard InChI is InChI=1S/C21H26N4O4/c26-20(15-29-16-6-2-1-3-7-16)25-9-5-4-8-19(25)17-14-18(23-22-17)21(27)24-10-12-28-13-11-24/h1-3,6-7,14,19H,4-5,8-13,15H2,(H,22,23)/t19-/m1/s1. The summed E-state index contributed by atoms with van der Waals surface area (Å²) in [5.41, 5.74) is 1.19. The zero-order valence-electron chi connectivity index (χ0n) is 16.4. The maximum atomic E-state index is 12.8. The number of benzene rings is 1. The Balaban J connectivity index is 1.42. The fraction of sp³-hybridized carbons (Fsp3) is 0.476. The quantitative estimate of drug-likeness (QED) is 0.833. The third-order valence-corrected chi connectivity index (χ3v) is 5.40. The van der Waals surface area contributed by atoms with Crippen molar-refractivity contribution in [2.45, 2.75) is 25.3 Å². The molecule has 2 aromatic rings. The van der Waals surface area contributed by atoms with E-state index in [9.17, 15) is 9.59 Å². The van der Waals surface area contributed by atoms with Crippen LogP contribution >= 0.6 is 0 Å². The number of amides is 2. The number of para-hydroxylation sites is 1. The molecule has 8 heteroatoms. The van der Waals surface area contributed by atoms with Crippen LogP contribution in [0.1, 0.15) is 41.5 Å². The van der Waals surface area contributed by atoms with E-state index in [2.05, 4.69) is 10.2 Å². The summed E-state index contributed by atoms with van der Waals surface area (Å²) in [6, 6.07) is 11.0. The van der Waals surface area contributed by atoms with Crippen LogP contribution in [0.25, 0.3) is 0 Å². The van der Waals surface area contributed by atoms with Gasteiger partial charge in [-0.05, 0) is 37.5 Å². The first kappa shape index (κ1) is 19.4. The van der Waals surface area contributed by atoms with E-state index in [1.165, 1.54) is 0 Å². The van der Waals surface area contributed by atoms with Gasteiger partial charge in [-0.1, -0.05) is 18.2 Å². The average molecular weight is 398 g/mol. The van der Waals surface area contributed by atoms with Crippen LogP contribution < -0.4 is 4.74 Å². The Kier molecular flexibility index (Phi) is 6.09. The molecule has 0 unspecified atom stereocenters. The number of rotatable bonds is 5. The minimum Gasteiger partial charge on any atom is -0.484 e. The predicted molar refractivity (Wildman–Crippen MR) is 106 cm³/mol. The molecule has 1 aromatic heterocycles. The van der Waals surface area contributed by atoms with Crippen molar-refractivity contribution in [1.82, 2.24) is 20.0 Å². The van der Waals surface area contributed by atoms with Crippen LogP contribution in [0, 0.1) is 0 Å². The zero-order chi connectivity index (χ0) is 20.1. The molecule has 2 saturated heterocycles. The second-order valence-electron chi connectivity index (χ2n) is 7.31. The molecule has 4 rings (SSSR count). The molecular weight excluding hydrogens is 372 g/mol. The Morgan fingerprint density at radius 3 is 2.72 bits per heavy atom. The van der Waals surface area contributed by atoms with E-state index < -0.39 is 0 Å². The number of aromatic amines is 1. The molecule has 0 bridgehead atoms. The first-order valence-corrected chi connectivity index (χ1v) is 10.1. The molecule has 1 atom stereocenters. The molecule has 0 spiro atoms. The predicted octanol–water partition coefficient (Wildman–Crippen LogP) is 2.01. The Morgan fingerprint density at radius 2 is 1.93 bits per heavy atom. The first-order valence-electron chi connectivity index (χ1n) is 10.1. The summed E-state index contributed by atoms with van der Waals surface area (Å²) in [6.45, 7) is 2.92. The topological polar surface area (TPSA) is 87.8 Å². The molecule has 2 aliphatic rings. The highest BCUT2D eigenvalue weighted by Gasteiger charge is 2.31. The molecule has 2 aliphatic heterocycles. The van der Waals surface area contributed by atoms with E-state index in [0.717, 1.165) is 25.0 Å². The number of ether oxygens (including phenoxy) is 2. The molecule has 1 aromatic carbocycles. The van der Waals surface area contributed by atoms with Gasteiger partial charge in [0.15, 0.2) is 6.61 Å². The van der Waals surface area contributed by atoms with Crippen LogP contribution in [0.5, 0.6) is 5.75 Å². The van der Waals surface area contributed by atoms with Gasteiger partial charge in [0.25, 0.3) is 11.8 Å². The van der Waals surface area contributed by atoms with Gasteiger partial charge in [0.05, 0.1) is 24.9 Å². The smallest absolute Gasteiger partial charge is 0.274 e. The highest BCUT2D eigenvalue weighted by Crippen LogP contribution is 2.30. The lowest BCUT2D eigenvalue weighted by Crippen LogP contribution is -2.41. The summed E-state index contributed by atoms with van der Waals surface area (Å²) in [6.07, 6.45) is 2.82. The van der Waals surface area contributed by atoms with Crippen molar-refractivity contribution in [2.24, 2.45) is 0 Å². The highest BCUT2D eigenvalue weighted by atomic mass is 16.5. The number of hydrogen-bond acceptors (Lipinski definition) is 5. The van der Waals surface area contributed by atoms with Gasteiger partial charge in [-0.25, -0.2) is 0 Å². The van der Waals surface area contributed by atoms with Gasteiger partial charge in [-0.3, -0.25) is 14.7 Å². The summed E-state index contributed by atoms with van der Waals surface area (Å²) in [5, 5.41) is 7.22. The van der Waals surface area contributed by atoms with Crippen LogP contribution in [-0.2, 0) is 9.53 Å². The van der Waals surface area contributed by atoms with Crippen LogP contribution in [0.15, 0.2) is 36.4 Å². The largest absolute Gasteiger partial charge is 0.484 e. The molecule has 8 nitrogen and oxygen atoms in total. The van der Waals surface area contributed by atoms with Crippen molar-refractivity contribution >= 4 is 11.8 Å². The molecule has 2 fully saturated rings. The fourth-order valence-corrected chi connectivity index (χ4v) is 3.84. The lowest BCUT2D eigenvalue weighted by Gasteiger charge is -2.35. The molecule has 1 N–H and O–H groups in total. The van der Waals surface area contributed by atoms with Crippen LogP contribution in [0.2, 0.25) is 0 Å². The van der Waals surface area contributed by atoms with E-state index in [1.807, 2.05) is 35.2 Å². The van der Waals surface area contributed by atoms with Gasteiger partial charge in [0.2, 0.25) is 0 Å². The number of hydrogen-bond donors (Lipinski definition) is 1. The Morgan fingerprint density at radius 1 is 1.14 bits per heavy atom. The minimum absolute atomic E-state index is 0.00574. The van der Waals surface area contributed by atoms with Crippen molar-refractivity contribution < 1.29 is 19.1 Å². The molecule has 0 saturated carbocycles. The van der Waals surface area contributed by atoms with E-state index in [1.54, 1.807) is 11.0 Å². The second-order valence-corrected chi connectivity index (χ2v) is 7.31. The minimum atomic E-state index is -0.116. The number of aromatic nitrogens is 2. The van der Waals surface area contributed by atoms with Gasteiger partial charge in [-0.15, -0.1) is 0 Å². The molecule has 0 radical (unpaired) electrons. The normalized spacial score (nSPS) is 19.8. The molecule has 2 amide bonds. The summed E-state index contributed by atoms with van der Waals surface area (Å²) in [7, 11) is 0. The molecular formula is C21H26N4O4. The maximum Gasteiger partial charge on any atom is 0.274 e. The third kappa shape index (κ3) is 4.59. The first-order chi connectivity index (χ1) is 14.2. The van der Waals surface area contributed by atoms with Gasteiger partial charge >= 0.3 is 0 Å². The SMILES string of the molecule is O=C(c1cc([C@H]2CCCCN2C(=O)COc2ccccc2)[nH]n1)N1CCOCC1. The van der Waals surface area contributed by atoms with Gasteiger partial charge in [-0.2, -0.15) is 5.10 Å². The number of carbonyl (C=O) groups is 2. The Bertz CT molecular complexity index is 832. The van der Waals surface area contributed by atoms with Gasteiger partial charge in [0.1, 0.15) is 11.4 Å². The van der Waals surface area contributed by atoms with Crippen molar-refractivity contribution in [2.75, 3.05) is 39.5 Å². The van der Waals surface area contributed by atoms with Crippen LogP contribution in [-0.4, -0.2) is 71.3 Å². The van der Waals surface area contributed by atoms with E-state index in [4.69, 9.17) is 9.47 Å². The molecule has 154 valence electrons. The summed E-state index contributed by atoms with van der Waals surface area (Å²) < 4.78 is 10.9. The van der Waals surface area contributed by atoms with Crippen molar-refractivity contribution in [3.05, 3.63) is 47.8 Å². The summed E-state index contributed by atoms with van der Waals surface area (Å²) in [4.78, 5) is 29.1. The zero-order valence-corrected chi connectivity index (χ0v) is 16.4. The highest BCUT2D eigenvalue weighted by molar-refractivity contribution is 5.92. The summed E-state index contributed by atoms with van der Waals surface area (Å²) in [5.74, 6) is 0.514. The fourth-order valence-electron chi connectivity index (χ4n) is 3.84. The number of nitrogens with one attached hydrogen (secondary N) is 1. The Labute approximate surface area is 169 Å². The van der Waals surface area contributed by atoms with Crippen molar-refractivity contribution in [1.29, 1.82) is 0 Å². The van der Waals surface area contributed by atoms with E-state index >= 15 is 0 Å². The third-order valence-electron chi connectivity index (χ3n) is 5.40. The summed E-state index contributed by atoms with van der Waals surface area (Å²) >= 11 is 0. The number of morpholine rings is 1. The maximum absolute atomic E-state index is 12.8. The number of H-pyrrole nitrogens is 1. The number of likely N-dealkylation sites (tertiary alicyclic amines) is 1. The lowest BCUT2D eigenvalue weighted by molar-refractivity contribution is -0.137. The Hall–Kier alpha value is -2.87. The van der Waals surface area contributed by atoms with Gasteiger partial charge < -0.3 is 19.3 Å². The van der Waals surface area contributed by atoms with Gasteiger partial charge in [0, 0.05) is 19.6 Å². The molecule has 3 heterocycles. The lowest BCUT2D eigenvalue weighted by atomic mass is 9.99. The van der Waals surface area contributed by atoms with Crippen molar-refractivity contribution in [3.63, 3.8) is 0 Å². The average Bonchev–Trinajstić information content (AvgIpc) is 3.28. The number of carbonyl (C=O) groups excluding carboxylic acids is 2. The van der Waals surface area contributed by atoms with Crippen LogP contribution in [0.4, 0.5) is 0 Å². The van der Waals surface area contributed by atoms with Crippen molar-refractivity contribution in [3.8, 4) is 5.75 Å². The van der Waals surface area contributed by atoms with E-state index in [-0.39, 0.29) is 24.5 Å². The number of nitrogens with zero attached hydrogens (tertiary/aromatic N) is 3. The second kappa shape index (κ2) is 9.09.